The molecule has 1 aromatic heterocycles. The Bertz CT molecular complexity index is 993. The predicted molar refractivity (Wildman–Crippen MR) is 95.0 cm³/mol. The van der Waals surface area contributed by atoms with Gasteiger partial charge in [0.1, 0.15) is 11.5 Å². The fraction of sp³-hybridized carbons (Fsp3) is 0.375. The Morgan fingerprint density at radius 3 is 2.59 bits per heavy atom. The van der Waals surface area contributed by atoms with Crippen molar-refractivity contribution in [3.63, 3.8) is 0 Å². The van der Waals surface area contributed by atoms with Crippen LogP contribution < -0.4 is 5.32 Å². The molecule has 1 aromatic carbocycles. The van der Waals surface area contributed by atoms with Crippen molar-refractivity contribution >= 4 is 27.6 Å². The van der Waals surface area contributed by atoms with Gasteiger partial charge in [-0.1, -0.05) is 17.7 Å². The standard InChI is InChI=1S/C16H16ClF4N3O4S/c1-29(26,27)28-5-4-24-15(16(19,20)21)11(9-23-24)6-14(25)22-8-10-2-3-12(18)7-13(10)17/h2-3,7,9H,4-6,8H2,1H3,(H,22,25). The van der Waals surface area contributed by atoms with Crippen LogP contribution in [-0.4, -0.2) is 37.0 Å². The van der Waals surface area contributed by atoms with Crippen molar-refractivity contribution in [2.75, 3.05) is 12.9 Å². The molecule has 29 heavy (non-hydrogen) atoms. The molecule has 0 fully saturated rings. The average Bonchev–Trinajstić information content (AvgIpc) is 2.95. The van der Waals surface area contributed by atoms with Crippen molar-refractivity contribution in [3.05, 3.63) is 52.1 Å². The molecule has 0 aliphatic heterocycles. The SMILES string of the molecule is CS(=O)(=O)OCCn1ncc(CC(=O)NCc2ccc(F)cc2Cl)c1C(F)(F)F. The lowest BCUT2D eigenvalue weighted by molar-refractivity contribution is -0.145. The number of benzene rings is 1. The Morgan fingerprint density at radius 2 is 2.00 bits per heavy atom. The summed E-state index contributed by atoms with van der Waals surface area (Å²) in [5.41, 5.74) is -1.17. The van der Waals surface area contributed by atoms with Crippen LogP contribution in [0.1, 0.15) is 16.8 Å². The Morgan fingerprint density at radius 1 is 1.31 bits per heavy atom. The second-order valence-electron chi connectivity index (χ2n) is 5.95. The van der Waals surface area contributed by atoms with Crippen molar-refractivity contribution < 1.29 is 35.0 Å². The van der Waals surface area contributed by atoms with Gasteiger partial charge in [0.15, 0.2) is 0 Å². The first kappa shape index (κ1) is 23.1. The molecule has 160 valence electrons. The van der Waals surface area contributed by atoms with Gasteiger partial charge in [0.25, 0.3) is 10.1 Å². The first-order chi connectivity index (χ1) is 13.4. The Hall–Kier alpha value is -2.18. The topological polar surface area (TPSA) is 90.3 Å². The third-order valence-electron chi connectivity index (χ3n) is 3.63. The van der Waals surface area contributed by atoms with Gasteiger partial charge in [-0.15, -0.1) is 0 Å². The number of hydrogen-bond donors (Lipinski definition) is 1. The van der Waals surface area contributed by atoms with Gasteiger partial charge in [-0.25, -0.2) is 4.39 Å². The third-order valence-corrected chi connectivity index (χ3v) is 4.57. The number of amides is 1. The van der Waals surface area contributed by atoms with Gasteiger partial charge in [0.05, 0.1) is 32.0 Å². The molecule has 1 heterocycles. The minimum absolute atomic E-state index is 0.0694. The summed E-state index contributed by atoms with van der Waals surface area (Å²) >= 11 is 5.83. The second kappa shape index (κ2) is 9.09. The predicted octanol–water partition coefficient (Wildman–Crippen LogP) is 2.53. The van der Waals surface area contributed by atoms with Gasteiger partial charge in [-0.05, 0) is 17.7 Å². The van der Waals surface area contributed by atoms with Crippen molar-refractivity contribution in [1.82, 2.24) is 15.1 Å². The minimum atomic E-state index is -4.82. The number of rotatable bonds is 8. The summed E-state index contributed by atoms with van der Waals surface area (Å²) in [4.78, 5) is 12.1. The van der Waals surface area contributed by atoms with Gasteiger partial charge in [0, 0.05) is 17.1 Å². The average molecular weight is 458 g/mol. The molecule has 0 radical (unpaired) electrons. The first-order valence-electron chi connectivity index (χ1n) is 8.03. The molecule has 0 spiro atoms. The number of aromatic nitrogens is 2. The molecule has 0 saturated heterocycles. The van der Waals surface area contributed by atoms with Crippen LogP contribution in [0.4, 0.5) is 17.6 Å². The highest BCUT2D eigenvalue weighted by atomic mass is 35.5. The molecule has 0 unspecified atom stereocenters. The molecule has 0 atom stereocenters. The zero-order valence-electron chi connectivity index (χ0n) is 15.0. The van der Waals surface area contributed by atoms with Gasteiger partial charge < -0.3 is 5.32 Å². The Labute approximate surface area is 168 Å². The van der Waals surface area contributed by atoms with E-state index < -0.39 is 53.3 Å². The summed E-state index contributed by atoms with van der Waals surface area (Å²) in [6, 6.07) is 3.53. The number of nitrogens with zero attached hydrogens (tertiary/aromatic N) is 2. The molecule has 7 nitrogen and oxygen atoms in total. The lowest BCUT2D eigenvalue weighted by atomic mass is 10.1. The summed E-state index contributed by atoms with van der Waals surface area (Å²) in [5, 5.41) is 6.05. The molecule has 1 amide bonds. The largest absolute Gasteiger partial charge is 0.433 e. The summed E-state index contributed by atoms with van der Waals surface area (Å²) < 4.78 is 80.0. The highest BCUT2D eigenvalue weighted by molar-refractivity contribution is 7.85. The van der Waals surface area contributed by atoms with Crippen molar-refractivity contribution in [1.29, 1.82) is 0 Å². The maximum atomic E-state index is 13.4. The van der Waals surface area contributed by atoms with Gasteiger partial charge >= 0.3 is 6.18 Å². The van der Waals surface area contributed by atoms with E-state index in [2.05, 4.69) is 14.6 Å². The van der Waals surface area contributed by atoms with Gasteiger partial charge in [-0.2, -0.15) is 26.7 Å². The molecule has 13 heteroatoms. The first-order valence-corrected chi connectivity index (χ1v) is 10.2. The number of alkyl halides is 3. The molecule has 2 rings (SSSR count). The second-order valence-corrected chi connectivity index (χ2v) is 8.01. The van der Waals surface area contributed by atoms with Gasteiger partial charge in [0.2, 0.25) is 5.91 Å². The van der Waals surface area contributed by atoms with Gasteiger partial charge in [-0.3, -0.25) is 13.7 Å². The van der Waals surface area contributed by atoms with E-state index in [0.717, 1.165) is 24.6 Å². The quantitative estimate of drug-likeness (QED) is 0.486. The highest BCUT2D eigenvalue weighted by Gasteiger charge is 2.38. The minimum Gasteiger partial charge on any atom is -0.352 e. The van der Waals surface area contributed by atoms with E-state index in [0.29, 0.717) is 10.2 Å². The number of nitrogens with one attached hydrogen (secondary N) is 1. The molecule has 0 saturated carbocycles. The fourth-order valence-electron chi connectivity index (χ4n) is 2.42. The van der Waals surface area contributed by atoms with E-state index in [9.17, 15) is 30.8 Å². The number of carbonyl (C=O) groups is 1. The van der Waals surface area contributed by atoms with Crippen molar-refractivity contribution in [3.8, 4) is 0 Å². The number of halogens is 5. The van der Waals surface area contributed by atoms with Crippen molar-refractivity contribution in [2.45, 2.75) is 25.7 Å². The molecule has 0 bridgehead atoms. The molecule has 1 N–H and O–H groups in total. The van der Waals surface area contributed by atoms with Crippen LogP contribution in [0.15, 0.2) is 24.4 Å². The summed E-state index contributed by atoms with van der Waals surface area (Å²) in [6.45, 7) is -1.12. The smallest absolute Gasteiger partial charge is 0.352 e. The fourth-order valence-corrected chi connectivity index (χ4v) is 3.03. The number of carbonyl (C=O) groups excluding carboxylic acids is 1. The molecule has 0 aliphatic carbocycles. The van der Waals surface area contributed by atoms with Crippen LogP contribution in [0.5, 0.6) is 0 Å². The van der Waals surface area contributed by atoms with Crippen LogP contribution in [0.2, 0.25) is 5.02 Å². The van der Waals surface area contributed by atoms with E-state index in [1.165, 1.54) is 6.07 Å². The summed E-state index contributed by atoms with van der Waals surface area (Å²) in [6.07, 6.45) is -3.80. The van der Waals surface area contributed by atoms with Crippen molar-refractivity contribution in [2.24, 2.45) is 0 Å². The summed E-state index contributed by atoms with van der Waals surface area (Å²) in [5.74, 6) is -1.30. The van der Waals surface area contributed by atoms with Crippen LogP contribution in [0.25, 0.3) is 0 Å². The zero-order chi connectivity index (χ0) is 21.8. The van der Waals surface area contributed by atoms with Crippen LogP contribution in [-0.2, 0) is 44.8 Å². The van der Waals surface area contributed by atoms with E-state index in [1.807, 2.05) is 0 Å². The Kier molecular flexibility index (Phi) is 7.25. The van der Waals surface area contributed by atoms with E-state index in [-0.39, 0.29) is 17.1 Å². The van der Waals surface area contributed by atoms with E-state index in [4.69, 9.17) is 11.6 Å². The maximum absolute atomic E-state index is 13.4. The normalized spacial score (nSPS) is 12.2. The molecule has 2 aromatic rings. The maximum Gasteiger partial charge on any atom is 0.433 e. The van der Waals surface area contributed by atoms with Crippen LogP contribution in [0.3, 0.4) is 0 Å². The Balaban J connectivity index is 2.07. The zero-order valence-corrected chi connectivity index (χ0v) is 16.5. The molecule has 0 aliphatic rings. The lowest BCUT2D eigenvalue weighted by Crippen LogP contribution is -2.26. The molecular formula is C16H16ClF4N3O4S. The summed E-state index contributed by atoms with van der Waals surface area (Å²) in [7, 11) is -3.82. The highest BCUT2D eigenvalue weighted by Crippen LogP contribution is 2.32. The number of hydrogen-bond acceptors (Lipinski definition) is 5. The lowest BCUT2D eigenvalue weighted by Gasteiger charge is -2.13. The van der Waals surface area contributed by atoms with Crippen LogP contribution >= 0.6 is 11.6 Å². The van der Waals surface area contributed by atoms with E-state index >= 15 is 0 Å². The monoisotopic (exact) mass is 457 g/mol. The van der Waals surface area contributed by atoms with Crippen LogP contribution in [0, 0.1) is 5.82 Å². The van der Waals surface area contributed by atoms with E-state index in [1.54, 1.807) is 0 Å². The third kappa shape index (κ3) is 6.98. The molecular weight excluding hydrogens is 442 g/mol.